The third-order valence-corrected chi connectivity index (χ3v) is 5.61. The molecular weight excluding hydrogens is 384 g/mol. The van der Waals surface area contributed by atoms with E-state index in [4.69, 9.17) is 16.3 Å². The first-order valence-electron chi connectivity index (χ1n) is 8.73. The number of morpholine rings is 1. The number of nitrogens with zero attached hydrogens (tertiary/aromatic N) is 3. The lowest BCUT2D eigenvalue weighted by molar-refractivity contribution is 0.0940. The molecule has 27 heavy (non-hydrogen) atoms. The summed E-state index contributed by atoms with van der Waals surface area (Å²) in [5.41, 5.74) is 1.73. The zero-order valence-electron chi connectivity index (χ0n) is 14.9. The van der Waals surface area contributed by atoms with Crippen molar-refractivity contribution in [1.82, 2.24) is 15.3 Å². The molecule has 1 fully saturated rings. The zero-order chi connectivity index (χ0) is 18.8. The number of benzene rings is 1. The highest BCUT2D eigenvalue weighted by atomic mass is 35.5. The van der Waals surface area contributed by atoms with Gasteiger partial charge >= 0.3 is 0 Å². The van der Waals surface area contributed by atoms with Crippen LogP contribution in [0.2, 0.25) is 5.02 Å². The number of rotatable bonds is 4. The lowest BCUT2D eigenvalue weighted by atomic mass is 10.2. The molecule has 1 aromatic carbocycles. The Morgan fingerprint density at radius 1 is 1.33 bits per heavy atom. The van der Waals surface area contributed by atoms with Crippen LogP contribution in [0.3, 0.4) is 0 Å². The fourth-order valence-electron chi connectivity index (χ4n) is 3.11. The number of hydrogen-bond donors (Lipinski definition) is 1. The molecule has 8 heteroatoms. The van der Waals surface area contributed by atoms with Crippen molar-refractivity contribution in [3.63, 3.8) is 0 Å². The van der Waals surface area contributed by atoms with E-state index in [1.165, 1.54) is 0 Å². The molecule has 3 aromatic rings. The number of fused-ring (bicyclic) bond motifs is 1. The highest BCUT2D eigenvalue weighted by Gasteiger charge is 2.21. The van der Waals surface area contributed by atoms with Crippen LogP contribution in [0.4, 0.5) is 5.82 Å². The average molecular weight is 403 g/mol. The molecule has 6 nitrogen and oxygen atoms in total. The number of aromatic nitrogens is 2. The van der Waals surface area contributed by atoms with Gasteiger partial charge in [0.05, 0.1) is 24.1 Å². The van der Waals surface area contributed by atoms with Gasteiger partial charge in [0.2, 0.25) is 5.82 Å². The quantitative estimate of drug-likeness (QED) is 0.724. The second-order valence-corrected chi connectivity index (χ2v) is 7.86. The smallest absolute Gasteiger partial charge is 0.289 e. The molecule has 1 N–H and O–H groups in total. The number of carbonyl (C=O) groups is 1. The average Bonchev–Trinajstić information content (AvgIpc) is 3.07. The number of ether oxygens (including phenoxy) is 1. The molecule has 0 atom stereocenters. The number of amides is 1. The van der Waals surface area contributed by atoms with Crippen molar-refractivity contribution in [3.05, 3.63) is 50.9 Å². The Labute approximate surface area is 166 Å². The Morgan fingerprint density at radius 2 is 2.15 bits per heavy atom. The van der Waals surface area contributed by atoms with E-state index in [1.54, 1.807) is 17.4 Å². The minimum atomic E-state index is -0.296. The van der Waals surface area contributed by atoms with Gasteiger partial charge in [0.15, 0.2) is 0 Å². The van der Waals surface area contributed by atoms with Crippen molar-refractivity contribution >= 4 is 45.6 Å². The molecule has 3 heterocycles. The third-order valence-electron chi connectivity index (χ3n) is 4.47. The van der Waals surface area contributed by atoms with Gasteiger partial charge in [0.1, 0.15) is 5.82 Å². The molecule has 0 unspecified atom stereocenters. The molecule has 1 saturated heterocycles. The summed E-state index contributed by atoms with van der Waals surface area (Å²) in [7, 11) is 0. The van der Waals surface area contributed by atoms with Crippen LogP contribution >= 0.6 is 22.9 Å². The van der Waals surface area contributed by atoms with E-state index >= 15 is 0 Å². The fraction of sp³-hybridized carbons (Fsp3) is 0.316. The van der Waals surface area contributed by atoms with Gasteiger partial charge in [-0.1, -0.05) is 23.7 Å². The van der Waals surface area contributed by atoms with E-state index in [2.05, 4.69) is 27.1 Å². The van der Waals surface area contributed by atoms with Gasteiger partial charge in [-0.15, -0.1) is 11.3 Å². The number of anilines is 1. The monoisotopic (exact) mass is 402 g/mol. The van der Waals surface area contributed by atoms with Crippen LogP contribution < -0.4 is 10.2 Å². The lowest BCUT2D eigenvalue weighted by Gasteiger charge is -2.28. The topological polar surface area (TPSA) is 67.4 Å². The summed E-state index contributed by atoms with van der Waals surface area (Å²) in [5.74, 6) is 0.703. The molecule has 140 valence electrons. The van der Waals surface area contributed by atoms with Gasteiger partial charge in [0, 0.05) is 34.9 Å². The SMILES string of the molecule is Cc1scc2nc(C(=O)NCc3cccc(Cl)c3)nc(N3CCOCC3)c12. The van der Waals surface area contributed by atoms with Crippen LogP contribution in [0.25, 0.3) is 10.9 Å². The molecular formula is C19H19ClN4O2S. The highest BCUT2D eigenvalue weighted by molar-refractivity contribution is 7.11. The molecule has 0 aliphatic carbocycles. The van der Waals surface area contributed by atoms with Gasteiger partial charge in [-0.25, -0.2) is 9.97 Å². The van der Waals surface area contributed by atoms with Crippen molar-refractivity contribution in [1.29, 1.82) is 0 Å². The summed E-state index contributed by atoms with van der Waals surface area (Å²) in [5, 5.41) is 6.52. The summed E-state index contributed by atoms with van der Waals surface area (Å²) >= 11 is 7.62. The van der Waals surface area contributed by atoms with Crippen molar-refractivity contribution in [2.24, 2.45) is 0 Å². The van der Waals surface area contributed by atoms with Gasteiger partial charge in [-0.3, -0.25) is 4.79 Å². The van der Waals surface area contributed by atoms with Crippen LogP contribution in [-0.4, -0.2) is 42.2 Å². The minimum Gasteiger partial charge on any atom is -0.378 e. The second kappa shape index (κ2) is 7.80. The number of carbonyl (C=O) groups excluding carboxylic acids is 1. The predicted octanol–water partition coefficient (Wildman–Crippen LogP) is 3.42. The van der Waals surface area contributed by atoms with Crippen molar-refractivity contribution in [3.8, 4) is 0 Å². The highest BCUT2D eigenvalue weighted by Crippen LogP contribution is 2.31. The molecule has 2 aromatic heterocycles. The van der Waals surface area contributed by atoms with Crippen LogP contribution in [0.1, 0.15) is 21.1 Å². The maximum atomic E-state index is 12.7. The van der Waals surface area contributed by atoms with Crippen LogP contribution in [0, 0.1) is 6.92 Å². The van der Waals surface area contributed by atoms with Crippen molar-refractivity contribution in [2.75, 3.05) is 31.2 Å². The first kappa shape index (κ1) is 18.2. The van der Waals surface area contributed by atoms with E-state index in [-0.39, 0.29) is 11.7 Å². The Morgan fingerprint density at radius 3 is 2.93 bits per heavy atom. The summed E-state index contributed by atoms with van der Waals surface area (Å²) in [6.45, 7) is 5.25. The number of hydrogen-bond acceptors (Lipinski definition) is 6. The van der Waals surface area contributed by atoms with E-state index in [0.29, 0.717) is 24.8 Å². The molecule has 0 bridgehead atoms. The Hall–Kier alpha value is -2.22. The molecule has 1 aliphatic heterocycles. The summed E-state index contributed by atoms with van der Waals surface area (Å²) in [6, 6.07) is 7.40. The number of thiophene rings is 1. The maximum absolute atomic E-state index is 12.7. The maximum Gasteiger partial charge on any atom is 0.289 e. The molecule has 0 spiro atoms. The van der Waals surface area contributed by atoms with E-state index in [9.17, 15) is 4.79 Å². The summed E-state index contributed by atoms with van der Waals surface area (Å²) in [4.78, 5) is 25.1. The first-order chi connectivity index (χ1) is 13.1. The summed E-state index contributed by atoms with van der Waals surface area (Å²) < 4.78 is 5.45. The van der Waals surface area contributed by atoms with E-state index in [0.717, 1.165) is 40.3 Å². The van der Waals surface area contributed by atoms with Gasteiger partial charge in [-0.05, 0) is 24.6 Å². The van der Waals surface area contributed by atoms with Crippen LogP contribution in [-0.2, 0) is 11.3 Å². The second-order valence-electron chi connectivity index (χ2n) is 6.33. The van der Waals surface area contributed by atoms with Crippen molar-refractivity contribution < 1.29 is 9.53 Å². The number of aryl methyl sites for hydroxylation is 1. The molecule has 1 aliphatic rings. The molecule has 0 radical (unpaired) electrons. The van der Waals surface area contributed by atoms with Crippen LogP contribution in [0.15, 0.2) is 29.6 Å². The standard InChI is InChI=1S/C19H19ClN4O2S/c1-12-16-15(11-27-12)22-17(23-18(16)24-5-7-26-8-6-24)19(25)21-10-13-3-2-4-14(20)9-13/h2-4,9,11H,5-8,10H2,1H3,(H,21,25). The molecule has 0 saturated carbocycles. The number of nitrogens with one attached hydrogen (secondary N) is 1. The van der Waals surface area contributed by atoms with Crippen LogP contribution in [0.5, 0.6) is 0 Å². The Balaban J connectivity index is 1.62. The minimum absolute atomic E-state index is 0.184. The zero-order valence-corrected chi connectivity index (χ0v) is 16.4. The number of halogens is 1. The fourth-order valence-corrected chi connectivity index (χ4v) is 4.09. The lowest BCUT2D eigenvalue weighted by Crippen LogP contribution is -2.37. The third kappa shape index (κ3) is 3.90. The largest absolute Gasteiger partial charge is 0.378 e. The normalized spacial score (nSPS) is 14.5. The van der Waals surface area contributed by atoms with E-state index < -0.39 is 0 Å². The molecule has 1 amide bonds. The molecule has 4 rings (SSSR count). The van der Waals surface area contributed by atoms with Gasteiger partial charge < -0.3 is 15.0 Å². The van der Waals surface area contributed by atoms with E-state index in [1.807, 2.05) is 23.6 Å². The Kier molecular flexibility index (Phi) is 5.24. The summed E-state index contributed by atoms with van der Waals surface area (Å²) in [6.07, 6.45) is 0. The first-order valence-corrected chi connectivity index (χ1v) is 9.99. The van der Waals surface area contributed by atoms with Gasteiger partial charge in [0.25, 0.3) is 5.91 Å². The van der Waals surface area contributed by atoms with Crippen molar-refractivity contribution in [2.45, 2.75) is 13.5 Å². The Bertz CT molecular complexity index is 985. The van der Waals surface area contributed by atoms with Gasteiger partial charge in [-0.2, -0.15) is 0 Å². The predicted molar refractivity (Wildman–Crippen MR) is 108 cm³/mol.